The summed E-state index contributed by atoms with van der Waals surface area (Å²) in [6.45, 7) is 0.361. The molecule has 216 valence electrons. The summed E-state index contributed by atoms with van der Waals surface area (Å²) >= 11 is 1.34. The van der Waals surface area contributed by atoms with Crippen molar-refractivity contribution in [3.8, 4) is 33.4 Å². The van der Waals surface area contributed by atoms with Crippen molar-refractivity contribution in [3.63, 3.8) is 0 Å². The number of hydrogen-bond donors (Lipinski definition) is 3. The Kier molecular flexibility index (Phi) is 8.78. The molecule has 1 aliphatic rings. The predicted molar refractivity (Wildman–Crippen MR) is 165 cm³/mol. The van der Waals surface area contributed by atoms with Gasteiger partial charge in [-0.3, -0.25) is 14.4 Å². The first kappa shape index (κ1) is 29.0. The first-order valence-electron chi connectivity index (χ1n) is 13.1. The van der Waals surface area contributed by atoms with Gasteiger partial charge in [0.1, 0.15) is 18.1 Å². The van der Waals surface area contributed by atoms with Gasteiger partial charge in [-0.2, -0.15) is 5.10 Å². The minimum Gasteiger partial charge on any atom is -0.507 e. The van der Waals surface area contributed by atoms with Crippen LogP contribution < -0.4 is 14.9 Å². The number of aldehydes is 1. The summed E-state index contributed by atoms with van der Waals surface area (Å²) in [5.41, 5.74) is 6.00. The number of benzene rings is 3. The molecule has 3 N–H and O–H groups in total. The fourth-order valence-corrected chi connectivity index (χ4v) is 5.40. The van der Waals surface area contributed by atoms with Gasteiger partial charge in [0.05, 0.1) is 29.7 Å². The molecule has 5 rings (SSSR count). The maximum Gasteiger partial charge on any atom is 0.281 e. The number of phenolic OH excluding ortho intramolecular Hbond substituents is 2. The lowest BCUT2D eigenvalue weighted by Gasteiger charge is -2.16. The van der Waals surface area contributed by atoms with Crippen LogP contribution in [0.25, 0.3) is 22.6 Å². The third-order valence-electron chi connectivity index (χ3n) is 6.52. The summed E-state index contributed by atoms with van der Waals surface area (Å²) in [4.78, 5) is 38.5. The van der Waals surface area contributed by atoms with Crippen molar-refractivity contribution in [1.29, 1.82) is 0 Å². The zero-order valence-electron chi connectivity index (χ0n) is 22.9. The standard InChI is InChI=1S/C33H26N2O7S/c1-41-30-15-21(9-13-28(30)39)6-10-24(17-25(37)11-7-20-8-12-27(38)22(14-20)18-36)34-35-33(40)31-16-23-19-42-29-5-3-2-4-26(29)32(23)43-31/h2-16,18,38-39H,17,19H2,1H3,(H,35,40)/b10-6+,11-7+,34-24+. The highest BCUT2D eigenvalue weighted by molar-refractivity contribution is 7.17. The predicted octanol–water partition coefficient (Wildman–Crippen LogP) is 6.01. The number of hydrazone groups is 1. The monoisotopic (exact) mass is 594 g/mol. The fourth-order valence-electron chi connectivity index (χ4n) is 4.31. The van der Waals surface area contributed by atoms with E-state index < -0.39 is 5.91 Å². The Morgan fingerprint density at radius 2 is 1.74 bits per heavy atom. The highest BCUT2D eigenvalue weighted by Crippen LogP contribution is 2.42. The second kappa shape index (κ2) is 13.0. The van der Waals surface area contributed by atoms with Crippen LogP contribution in [0.1, 0.15) is 43.1 Å². The Morgan fingerprint density at radius 3 is 2.53 bits per heavy atom. The van der Waals surface area contributed by atoms with Crippen LogP contribution in [0.15, 0.2) is 84.0 Å². The number of carbonyl (C=O) groups excluding carboxylic acids is 3. The number of ether oxygens (including phenoxy) is 2. The number of nitrogens with zero attached hydrogens (tertiary/aromatic N) is 1. The van der Waals surface area contributed by atoms with Crippen LogP contribution in [0.2, 0.25) is 0 Å². The number of amides is 1. The van der Waals surface area contributed by atoms with Crippen LogP contribution >= 0.6 is 11.3 Å². The molecule has 4 aromatic rings. The Balaban J connectivity index is 1.36. The average Bonchev–Trinajstić information content (AvgIpc) is 3.48. The number of para-hydroxylation sites is 1. The van der Waals surface area contributed by atoms with Crippen LogP contribution in [0.5, 0.6) is 23.0 Å². The van der Waals surface area contributed by atoms with Gasteiger partial charge in [-0.15, -0.1) is 11.3 Å². The van der Waals surface area contributed by atoms with E-state index in [2.05, 4.69) is 10.5 Å². The average molecular weight is 595 g/mol. The summed E-state index contributed by atoms with van der Waals surface area (Å²) in [5.74, 6) is 0.136. The van der Waals surface area contributed by atoms with Crippen LogP contribution in [0, 0.1) is 0 Å². The molecule has 1 aliphatic heterocycles. The molecule has 0 radical (unpaired) electrons. The quantitative estimate of drug-likeness (QED) is 0.0886. The zero-order valence-corrected chi connectivity index (χ0v) is 23.8. The van der Waals surface area contributed by atoms with Gasteiger partial charge in [-0.25, -0.2) is 5.43 Å². The Hall–Kier alpha value is -5.48. The number of phenols is 2. The number of aromatic hydroxyl groups is 2. The van der Waals surface area contributed by atoms with Gasteiger partial charge >= 0.3 is 0 Å². The van der Waals surface area contributed by atoms with Gasteiger partial charge in [0.25, 0.3) is 5.91 Å². The maximum absolute atomic E-state index is 13.1. The minimum absolute atomic E-state index is 0.0141. The summed E-state index contributed by atoms with van der Waals surface area (Å²) in [5, 5.41) is 23.8. The molecule has 10 heteroatoms. The van der Waals surface area contributed by atoms with E-state index in [1.54, 1.807) is 36.4 Å². The molecule has 3 aromatic carbocycles. The number of thiophene rings is 1. The molecule has 0 saturated heterocycles. The van der Waals surface area contributed by atoms with Crippen LogP contribution in [0.3, 0.4) is 0 Å². The number of carbonyl (C=O) groups is 3. The van der Waals surface area contributed by atoms with Crippen molar-refractivity contribution in [2.24, 2.45) is 5.10 Å². The van der Waals surface area contributed by atoms with Crippen LogP contribution in [-0.2, 0) is 11.4 Å². The molecule has 0 atom stereocenters. The van der Waals surface area contributed by atoms with Crippen molar-refractivity contribution in [3.05, 3.63) is 106 Å². The SMILES string of the molecule is COc1cc(/C=C/C(CC(=O)/C=C/c2ccc(O)c(C=O)c2)=N\NC(=O)c2cc3c(s2)-c2ccccc2OC3)ccc1O. The summed E-state index contributed by atoms with van der Waals surface area (Å²) in [6.07, 6.45) is 6.50. The van der Waals surface area contributed by atoms with Crippen molar-refractivity contribution in [1.82, 2.24) is 5.43 Å². The Labute approximate surface area is 251 Å². The first-order valence-corrected chi connectivity index (χ1v) is 13.9. The minimum atomic E-state index is -0.428. The van der Waals surface area contributed by atoms with Gasteiger partial charge < -0.3 is 19.7 Å². The molecule has 0 bridgehead atoms. The van der Waals surface area contributed by atoms with E-state index in [1.165, 1.54) is 48.8 Å². The molecule has 9 nitrogen and oxygen atoms in total. The van der Waals surface area contributed by atoms with Gasteiger partial charge in [0, 0.05) is 16.0 Å². The number of ketones is 1. The van der Waals surface area contributed by atoms with Crippen molar-refractivity contribution >= 4 is 47.2 Å². The van der Waals surface area contributed by atoms with Crippen LogP contribution in [0.4, 0.5) is 0 Å². The molecule has 1 aromatic heterocycles. The molecule has 0 fully saturated rings. The lowest BCUT2D eigenvalue weighted by Crippen LogP contribution is -2.19. The third-order valence-corrected chi connectivity index (χ3v) is 7.73. The molecular weight excluding hydrogens is 568 g/mol. The highest BCUT2D eigenvalue weighted by atomic mass is 32.1. The van der Waals surface area contributed by atoms with Crippen molar-refractivity contribution in [2.75, 3.05) is 7.11 Å². The molecule has 1 amide bonds. The first-order chi connectivity index (χ1) is 20.8. The number of hydrogen-bond acceptors (Lipinski definition) is 9. The van der Waals surface area contributed by atoms with Gasteiger partial charge in [0.2, 0.25) is 0 Å². The number of nitrogens with one attached hydrogen (secondary N) is 1. The molecule has 0 unspecified atom stereocenters. The van der Waals surface area contributed by atoms with E-state index in [9.17, 15) is 24.6 Å². The summed E-state index contributed by atoms with van der Waals surface area (Å²) < 4.78 is 11.0. The topological polar surface area (TPSA) is 135 Å². The van der Waals surface area contributed by atoms with E-state index in [0.717, 1.165) is 21.8 Å². The second-order valence-electron chi connectivity index (χ2n) is 9.47. The number of allylic oxidation sites excluding steroid dienone is 2. The molecule has 43 heavy (non-hydrogen) atoms. The summed E-state index contributed by atoms with van der Waals surface area (Å²) in [7, 11) is 1.44. The summed E-state index contributed by atoms with van der Waals surface area (Å²) in [6, 6.07) is 18.6. The molecule has 2 heterocycles. The van der Waals surface area contributed by atoms with E-state index in [4.69, 9.17) is 9.47 Å². The lowest BCUT2D eigenvalue weighted by atomic mass is 10.1. The molecular formula is C33H26N2O7S. The Morgan fingerprint density at radius 1 is 1.00 bits per heavy atom. The van der Waals surface area contributed by atoms with Crippen LogP contribution in [-0.4, -0.2) is 41.0 Å². The lowest BCUT2D eigenvalue weighted by molar-refractivity contribution is -0.113. The number of fused-ring (bicyclic) bond motifs is 3. The van der Waals surface area contributed by atoms with E-state index in [0.29, 0.717) is 28.9 Å². The smallest absolute Gasteiger partial charge is 0.281 e. The maximum atomic E-state index is 13.1. The van der Waals surface area contributed by atoms with Crippen molar-refractivity contribution < 1.29 is 34.1 Å². The van der Waals surface area contributed by atoms with E-state index >= 15 is 0 Å². The normalized spacial score (nSPS) is 12.4. The number of rotatable bonds is 10. The molecule has 0 aliphatic carbocycles. The largest absolute Gasteiger partial charge is 0.507 e. The van der Waals surface area contributed by atoms with Crippen molar-refractivity contribution in [2.45, 2.75) is 13.0 Å². The Bertz CT molecular complexity index is 1800. The molecule has 0 saturated carbocycles. The highest BCUT2D eigenvalue weighted by Gasteiger charge is 2.22. The van der Waals surface area contributed by atoms with E-state index in [-0.39, 0.29) is 40.7 Å². The van der Waals surface area contributed by atoms with Gasteiger partial charge in [0.15, 0.2) is 23.6 Å². The van der Waals surface area contributed by atoms with Gasteiger partial charge in [-0.05, 0) is 65.7 Å². The number of methoxy groups -OCH3 is 1. The fraction of sp³-hybridized carbons (Fsp3) is 0.0909. The third kappa shape index (κ3) is 6.88. The zero-order chi connectivity index (χ0) is 30.3. The van der Waals surface area contributed by atoms with Gasteiger partial charge in [-0.1, -0.05) is 36.4 Å². The second-order valence-corrected chi connectivity index (χ2v) is 10.5. The van der Waals surface area contributed by atoms with E-state index in [1.807, 2.05) is 24.3 Å². The molecule has 0 spiro atoms.